The lowest BCUT2D eigenvalue weighted by molar-refractivity contribution is -0.118. The lowest BCUT2D eigenvalue weighted by Crippen LogP contribution is -2.38. The van der Waals surface area contributed by atoms with Crippen molar-refractivity contribution in [3.63, 3.8) is 0 Å². The third-order valence-electron chi connectivity index (χ3n) is 5.07. The zero-order valence-electron chi connectivity index (χ0n) is 15.6. The summed E-state index contributed by atoms with van der Waals surface area (Å²) in [6, 6.07) is 11.2. The molecule has 1 atom stereocenters. The van der Waals surface area contributed by atoms with Crippen molar-refractivity contribution in [2.24, 2.45) is 0 Å². The lowest BCUT2D eigenvalue weighted by atomic mass is 10.1. The van der Waals surface area contributed by atoms with Crippen LogP contribution in [0.15, 0.2) is 36.4 Å². The van der Waals surface area contributed by atoms with Gasteiger partial charge in [-0.2, -0.15) is 0 Å². The molecule has 5 rings (SSSR count). The molecule has 2 aliphatic rings. The van der Waals surface area contributed by atoms with Gasteiger partial charge in [0.25, 0.3) is 0 Å². The molecular formula is C21H19ClN2O4S. The average Bonchev–Trinajstić information content (AvgIpc) is 3.45. The van der Waals surface area contributed by atoms with Gasteiger partial charge in [-0.15, -0.1) is 0 Å². The highest BCUT2D eigenvalue weighted by atomic mass is 35.5. The second-order valence-corrected chi connectivity index (χ2v) is 8.56. The molecule has 3 heterocycles. The van der Waals surface area contributed by atoms with Gasteiger partial charge in [0.15, 0.2) is 16.6 Å². The van der Waals surface area contributed by atoms with E-state index in [-0.39, 0.29) is 25.2 Å². The first-order valence-corrected chi connectivity index (χ1v) is 10.7. The molecule has 1 unspecified atom stereocenters. The predicted octanol–water partition coefficient (Wildman–Crippen LogP) is 4.43. The second-order valence-electron chi connectivity index (χ2n) is 7.11. The first kappa shape index (κ1) is 18.7. The minimum atomic E-state index is -0.0236. The molecule has 150 valence electrons. The maximum absolute atomic E-state index is 13.3. The number of rotatable bonds is 5. The van der Waals surface area contributed by atoms with Gasteiger partial charge in [-0.05, 0) is 48.7 Å². The zero-order valence-corrected chi connectivity index (χ0v) is 17.2. The van der Waals surface area contributed by atoms with E-state index < -0.39 is 0 Å². The Hall–Kier alpha value is -2.35. The van der Waals surface area contributed by atoms with E-state index in [1.807, 2.05) is 36.4 Å². The second kappa shape index (κ2) is 7.82. The molecule has 0 N–H and O–H groups in total. The highest BCUT2D eigenvalue weighted by Crippen LogP contribution is 2.34. The fourth-order valence-electron chi connectivity index (χ4n) is 3.60. The van der Waals surface area contributed by atoms with Crippen molar-refractivity contribution in [1.29, 1.82) is 0 Å². The van der Waals surface area contributed by atoms with Crippen LogP contribution < -0.4 is 14.4 Å². The number of thiazole rings is 1. The van der Waals surface area contributed by atoms with Crippen LogP contribution in [0, 0.1) is 0 Å². The molecule has 2 aromatic carbocycles. The number of fused-ring (bicyclic) bond motifs is 2. The van der Waals surface area contributed by atoms with Crippen LogP contribution in [-0.4, -0.2) is 36.9 Å². The van der Waals surface area contributed by atoms with Gasteiger partial charge in [0.2, 0.25) is 12.7 Å². The van der Waals surface area contributed by atoms with Crippen molar-refractivity contribution in [2.45, 2.75) is 25.4 Å². The summed E-state index contributed by atoms with van der Waals surface area (Å²) in [4.78, 5) is 19.7. The first-order valence-electron chi connectivity index (χ1n) is 9.52. The summed E-state index contributed by atoms with van der Waals surface area (Å²) in [5, 5.41) is 1.33. The summed E-state index contributed by atoms with van der Waals surface area (Å²) in [5.74, 6) is 1.36. The Morgan fingerprint density at radius 3 is 2.97 bits per heavy atom. The highest BCUT2D eigenvalue weighted by molar-refractivity contribution is 7.22. The fraction of sp³-hybridized carbons (Fsp3) is 0.333. The van der Waals surface area contributed by atoms with E-state index in [1.165, 1.54) is 11.3 Å². The Bertz CT molecular complexity index is 1060. The topological polar surface area (TPSA) is 60.9 Å². The number of amides is 1. The van der Waals surface area contributed by atoms with Gasteiger partial charge in [0, 0.05) is 11.6 Å². The van der Waals surface area contributed by atoms with E-state index in [0.717, 1.165) is 35.2 Å². The van der Waals surface area contributed by atoms with E-state index in [4.69, 9.17) is 25.8 Å². The molecule has 0 spiro atoms. The van der Waals surface area contributed by atoms with Crippen molar-refractivity contribution in [1.82, 2.24) is 4.98 Å². The standard InChI is InChI=1S/C21H19ClN2O4S/c22-14-4-5-16-19(10-14)29-21(23-16)24(11-15-2-1-7-26-15)20(25)9-13-3-6-17-18(8-13)28-12-27-17/h3-6,8,10,15H,1-2,7,9,11-12H2. The van der Waals surface area contributed by atoms with Crippen molar-refractivity contribution in [3.05, 3.63) is 47.0 Å². The van der Waals surface area contributed by atoms with Gasteiger partial charge in [-0.25, -0.2) is 4.98 Å². The Balaban J connectivity index is 1.43. The normalized spacial score (nSPS) is 17.8. The Morgan fingerprint density at radius 2 is 2.10 bits per heavy atom. The van der Waals surface area contributed by atoms with Crippen molar-refractivity contribution in [3.8, 4) is 11.5 Å². The van der Waals surface area contributed by atoms with E-state index in [0.29, 0.717) is 28.2 Å². The molecule has 3 aromatic rings. The maximum Gasteiger partial charge on any atom is 0.233 e. The van der Waals surface area contributed by atoms with E-state index in [1.54, 1.807) is 4.90 Å². The third-order valence-corrected chi connectivity index (χ3v) is 6.35. The molecule has 1 saturated heterocycles. The van der Waals surface area contributed by atoms with E-state index in [9.17, 15) is 4.79 Å². The number of nitrogens with zero attached hydrogens (tertiary/aromatic N) is 2. The SMILES string of the molecule is O=C(Cc1ccc2c(c1)OCO2)N(CC1CCCO1)c1nc2ccc(Cl)cc2s1. The molecule has 1 fully saturated rings. The summed E-state index contributed by atoms with van der Waals surface area (Å²) in [6.45, 7) is 1.45. The van der Waals surface area contributed by atoms with Crippen LogP contribution in [0.3, 0.4) is 0 Å². The van der Waals surface area contributed by atoms with Crippen LogP contribution in [0.2, 0.25) is 5.02 Å². The summed E-state index contributed by atoms with van der Waals surface area (Å²) in [6.07, 6.45) is 2.25. The van der Waals surface area contributed by atoms with E-state index in [2.05, 4.69) is 4.98 Å². The van der Waals surface area contributed by atoms with Crippen molar-refractivity contribution in [2.75, 3.05) is 24.8 Å². The number of carbonyl (C=O) groups is 1. The molecular weight excluding hydrogens is 412 g/mol. The molecule has 6 nitrogen and oxygen atoms in total. The maximum atomic E-state index is 13.3. The molecule has 1 amide bonds. The van der Waals surface area contributed by atoms with Crippen LogP contribution in [0.5, 0.6) is 11.5 Å². The van der Waals surface area contributed by atoms with Gasteiger partial charge in [0.05, 0.1) is 29.3 Å². The van der Waals surface area contributed by atoms with Gasteiger partial charge in [0.1, 0.15) is 0 Å². The number of halogens is 1. The van der Waals surface area contributed by atoms with Crippen LogP contribution in [0.4, 0.5) is 5.13 Å². The number of anilines is 1. The number of carbonyl (C=O) groups excluding carboxylic acids is 1. The largest absolute Gasteiger partial charge is 0.454 e. The van der Waals surface area contributed by atoms with Crippen LogP contribution >= 0.6 is 22.9 Å². The van der Waals surface area contributed by atoms with Crippen molar-refractivity contribution >= 4 is 44.2 Å². The molecule has 8 heteroatoms. The molecule has 0 saturated carbocycles. The summed E-state index contributed by atoms with van der Waals surface area (Å²) >= 11 is 7.59. The molecule has 0 bridgehead atoms. The number of ether oxygens (including phenoxy) is 3. The third kappa shape index (κ3) is 3.90. The predicted molar refractivity (Wildman–Crippen MR) is 112 cm³/mol. The van der Waals surface area contributed by atoms with Gasteiger partial charge >= 0.3 is 0 Å². The van der Waals surface area contributed by atoms with Crippen LogP contribution in [0.25, 0.3) is 10.2 Å². The van der Waals surface area contributed by atoms with Crippen molar-refractivity contribution < 1.29 is 19.0 Å². The average molecular weight is 431 g/mol. The summed E-state index contributed by atoms with van der Waals surface area (Å²) in [5.41, 5.74) is 1.71. The summed E-state index contributed by atoms with van der Waals surface area (Å²) < 4.78 is 17.5. The Labute approximate surface area is 177 Å². The minimum Gasteiger partial charge on any atom is -0.454 e. The van der Waals surface area contributed by atoms with Gasteiger partial charge in [-0.1, -0.05) is 29.0 Å². The fourth-order valence-corrected chi connectivity index (χ4v) is 4.87. The number of benzene rings is 2. The molecule has 1 aromatic heterocycles. The molecule has 0 aliphatic carbocycles. The lowest BCUT2D eigenvalue weighted by Gasteiger charge is -2.23. The Morgan fingerprint density at radius 1 is 1.21 bits per heavy atom. The molecule has 2 aliphatic heterocycles. The zero-order chi connectivity index (χ0) is 19.8. The quantitative estimate of drug-likeness (QED) is 0.599. The highest BCUT2D eigenvalue weighted by Gasteiger charge is 2.27. The Kier molecular flexibility index (Phi) is 5.03. The monoisotopic (exact) mass is 430 g/mol. The number of hydrogen-bond acceptors (Lipinski definition) is 6. The molecule has 0 radical (unpaired) electrons. The van der Waals surface area contributed by atoms with E-state index >= 15 is 0 Å². The molecule has 29 heavy (non-hydrogen) atoms. The first-order chi connectivity index (χ1) is 14.2. The summed E-state index contributed by atoms with van der Waals surface area (Å²) in [7, 11) is 0. The van der Waals surface area contributed by atoms with Crippen LogP contribution in [-0.2, 0) is 16.0 Å². The number of aromatic nitrogens is 1. The number of hydrogen-bond donors (Lipinski definition) is 0. The minimum absolute atomic E-state index is 0.0236. The van der Waals surface area contributed by atoms with Gasteiger partial charge in [-0.3, -0.25) is 9.69 Å². The van der Waals surface area contributed by atoms with Gasteiger partial charge < -0.3 is 14.2 Å². The smallest absolute Gasteiger partial charge is 0.233 e. The van der Waals surface area contributed by atoms with Crippen LogP contribution in [0.1, 0.15) is 18.4 Å².